The van der Waals surface area contributed by atoms with Gasteiger partial charge in [0, 0.05) is 12.5 Å². The second kappa shape index (κ2) is 7.83. The van der Waals surface area contributed by atoms with Crippen molar-refractivity contribution in [2.75, 3.05) is 6.61 Å². The molecule has 2 N–H and O–H groups in total. The predicted octanol–water partition coefficient (Wildman–Crippen LogP) is 2.15. The van der Waals surface area contributed by atoms with Crippen LogP contribution in [-0.4, -0.2) is 29.2 Å². The quantitative estimate of drug-likeness (QED) is 0.506. The smallest absolute Gasteiger partial charge is 0.123 e. The van der Waals surface area contributed by atoms with Crippen molar-refractivity contribution < 1.29 is 15.0 Å². The highest BCUT2D eigenvalue weighted by Crippen LogP contribution is 2.38. The molecule has 1 aliphatic carbocycles. The first-order chi connectivity index (χ1) is 8.20. The lowest BCUT2D eigenvalue weighted by Crippen LogP contribution is -2.20. The number of hydrogen-bond donors (Lipinski definition) is 2. The lowest BCUT2D eigenvalue weighted by molar-refractivity contribution is -0.112. The molecule has 0 amide bonds. The van der Waals surface area contributed by atoms with E-state index in [1.165, 1.54) is 6.42 Å². The Morgan fingerprint density at radius 1 is 1.18 bits per heavy atom. The van der Waals surface area contributed by atoms with Gasteiger partial charge in [0.25, 0.3) is 0 Å². The first-order valence-electron chi connectivity index (χ1n) is 6.95. The zero-order valence-electron chi connectivity index (χ0n) is 10.8. The molecule has 0 saturated heterocycles. The van der Waals surface area contributed by atoms with Crippen molar-refractivity contribution in [1.29, 1.82) is 0 Å². The van der Waals surface area contributed by atoms with Crippen molar-refractivity contribution in [3.8, 4) is 0 Å². The fourth-order valence-electron chi connectivity index (χ4n) is 2.90. The van der Waals surface area contributed by atoms with Crippen LogP contribution < -0.4 is 0 Å². The van der Waals surface area contributed by atoms with E-state index in [9.17, 15) is 9.90 Å². The zero-order chi connectivity index (χ0) is 12.7. The Kier molecular flexibility index (Phi) is 6.75. The summed E-state index contributed by atoms with van der Waals surface area (Å²) in [7, 11) is 0. The molecule has 0 bridgehead atoms. The number of unbranched alkanes of at least 4 members (excludes halogenated alkanes) is 4. The van der Waals surface area contributed by atoms with Crippen molar-refractivity contribution in [3.05, 3.63) is 0 Å². The number of aliphatic hydroxyl groups excluding tert-OH is 2. The average molecular weight is 242 g/mol. The van der Waals surface area contributed by atoms with E-state index in [2.05, 4.69) is 0 Å². The van der Waals surface area contributed by atoms with Gasteiger partial charge in [-0.3, -0.25) is 0 Å². The van der Waals surface area contributed by atoms with Gasteiger partial charge in [-0.2, -0.15) is 0 Å². The standard InChI is InChI=1S/C14H26O3/c1-11-13(10-16)9-12(14(11)17)7-5-3-2-4-6-8-15/h10-15,17H,2-9H2,1H3. The fourth-order valence-corrected chi connectivity index (χ4v) is 2.90. The van der Waals surface area contributed by atoms with Crippen molar-refractivity contribution in [2.24, 2.45) is 17.8 Å². The number of aliphatic hydroxyl groups is 2. The third-order valence-corrected chi connectivity index (χ3v) is 4.18. The number of carbonyl (C=O) groups is 1. The molecule has 0 spiro atoms. The third kappa shape index (κ3) is 4.40. The van der Waals surface area contributed by atoms with Gasteiger partial charge in [0.15, 0.2) is 0 Å². The summed E-state index contributed by atoms with van der Waals surface area (Å²) in [4.78, 5) is 10.8. The molecule has 0 aromatic rings. The summed E-state index contributed by atoms with van der Waals surface area (Å²) in [6.45, 7) is 2.27. The molecular formula is C14H26O3. The minimum Gasteiger partial charge on any atom is -0.396 e. The van der Waals surface area contributed by atoms with Gasteiger partial charge in [-0.15, -0.1) is 0 Å². The fraction of sp³-hybridized carbons (Fsp3) is 0.929. The molecule has 1 fully saturated rings. The van der Waals surface area contributed by atoms with E-state index < -0.39 is 0 Å². The van der Waals surface area contributed by atoms with Crippen LogP contribution in [0.4, 0.5) is 0 Å². The van der Waals surface area contributed by atoms with Crippen LogP contribution >= 0.6 is 0 Å². The van der Waals surface area contributed by atoms with E-state index in [1.54, 1.807) is 0 Å². The maximum Gasteiger partial charge on any atom is 0.123 e. The molecule has 3 heteroatoms. The van der Waals surface area contributed by atoms with Crippen molar-refractivity contribution in [1.82, 2.24) is 0 Å². The van der Waals surface area contributed by atoms with Crippen LogP contribution in [0.25, 0.3) is 0 Å². The van der Waals surface area contributed by atoms with Gasteiger partial charge < -0.3 is 15.0 Å². The Morgan fingerprint density at radius 2 is 1.82 bits per heavy atom. The second-order valence-corrected chi connectivity index (χ2v) is 5.43. The van der Waals surface area contributed by atoms with Gasteiger partial charge in [-0.25, -0.2) is 0 Å². The van der Waals surface area contributed by atoms with Crippen LogP contribution in [-0.2, 0) is 4.79 Å². The summed E-state index contributed by atoms with van der Waals surface area (Å²) >= 11 is 0. The number of hydrogen-bond acceptors (Lipinski definition) is 3. The number of carbonyl (C=O) groups excluding carboxylic acids is 1. The second-order valence-electron chi connectivity index (χ2n) is 5.43. The topological polar surface area (TPSA) is 57.5 Å². The van der Waals surface area contributed by atoms with E-state index in [-0.39, 0.29) is 17.9 Å². The Morgan fingerprint density at radius 3 is 2.41 bits per heavy atom. The largest absolute Gasteiger partial charge is 0.396 e. The highest BCUT2D eigenvalue weighted by Gasteiger charge is 2.38. The lowest BCUT2D eigenvalue weighted by atomic mass is 9.95. The van der Waals surface area contributed by atoms with Crippen LogP contribution in [0.5, 0.6) is 0 Å². The van der Waals surface area contributed by atoms with Gasteiger partial charge >= 0.3 is 0 Å². The van der Waals surface area contributed by atoms with E-state index in [1.807, 2.05) is 6.92 Å². The Bertz CT molecular complexity index is 218. The molecule has 0 aromatic carbocycles. The zero-order valence-corrected chi connectivity index (χ0v) is 10.8. The maximum absolute atomic E-state index is 10.8. The maximum atomic E-state index is 10.8. The van der Waals surface area contributed by atoms with Gasteiger partial charge in [0.2, 0.25) is 0 Å². The van der Waals surface area contributed by atoms with Gasteiger partial charge in [0.1, 0.15) is 6.29 Å². The molecule has 17 heavy (non-hydrogen) atoms. The summed E-state index contributed by atoms with van der Waals surface area (Å²) in [5, 5.41) is 18.7. The van der Waals surface area contributed by atoms with E-state index in [4.69, 9.17) is 5.11 Å². The SMILES string of the molecule is CC1C(C=O)CC(CCCCCCCO)C1O. The van der Waals surface area contributed by atoms with Crippen LogP contribution in [0, 0.1) is 17.8 Å². The minimum atomic E-state index is -0.289. The predicted molar refractivity (Wildman–Crippen MR) is 67.6 cm³/mol. The van der Waals surface area contributed by atoms with Crippen molar-refractivity contribution in [3.63, 3.8) is 0 Å². The molecule has 0 heterocycles. The van der Waals surface area contributed by atoms with E-state index in [0.29, 0.717) is 12.5 Å². The number of rotatable bonds is 8. The Balaban J connectivity index is 2.13. The lowest BCUT2D eigenvalue weighted by Gasteiger charge is -2.16. The molecule has 1 saturated carbocycles. The molecule has 4 unspecified atom stereocenters. The minimum absolute atomic E-state index is 0.0596. The molecule has 100 valence electrons. The molecule has 4 atom stereocenters. The average Bonchev–Trinajstić information content (AvgIpc) is 2.61. The first kappa shape index (κ1) is 14.7. The van der Waals surface area contributed by atoms with Crippen LogP contribution in [0.3, 0.4) is 0 Å². The molecule has 1 rings (SSSR count). The molecule has 0 aromatic heterocycles. The monoisotopic (exact) mass is 242 g/mol. The van der Waals surface area contributed by atoms with Gasteiger partial charge in [0.05, 0.1) is 6.10 Å². The summed E-state index contributed by atoms with van der Waals surface area (Å²) in [6.07, 6.45) is 8.08. The first-order valence-corrected chi connectivity index (χ1v) is 6.95. The van der Waals surface area contributed by atoms with Crippen LogP contribution in [0.1, 0.15) is 51.9 Å². The molecule has 0 radical (unpaired) electrons. The summed E-state index contributed by atoms with van der Waals surface area (Å²) in [5.74, 6) is 0.509. The number of aldehydes is 1. The van der Waals surface area contributed by atoms with Crippen molar-refractivity contribution in [2.45, 2.75) is 58.0 Å². The van der Waals surface area contributed by atoms with Crippen LogP contribution in [0.15, 0.2) is 0 Å². The highest BCUT2D eigenvalue weighted by molar-refractivity contribution is 5.55. The molecule has 3 nitrogen and oxygen atoms in total. The molecule has 1 aliphatic rings. The summed E-state index contributed by atoms with van der Waals surface area (Å²) < 4.78 is 0. The molecular weight excluding hydrogens is 216 g/mol. The molecule has 0 aliphatic heterocycles. The Labute approximate surface area is 104 Å². The Hall–Kier alpha value is -0.410. The van der Waals surface area contributed by atoms with Gasteiger partial charge in [-0.05, 0) is 31.1 Å². The summed E-state index contributed by atoms with van der Waals surface area (Å²) in [5.41, 5.74) is 0. The normalized spacial score (nSPS) is 32.9. The third-order valence-electron chi connectivity index (χ3n) is 4.18. The van der Waals surface area contributed by atoms with E-state index >= 15 is 0 Å². The summed E-state index contributed by atoms with van der Waals surface area (Å²) in [6, 6.07) is 0. The highest BCUT2D eigenvalue weighted by atomic mass is 16.3. The van der Waals surface area contributed by atoms with E-state index in [0.717, 1.165) is 44.8 Å². The van der Waals surface area contributed by atoms with Crippen LogP contribution in [0.2, 0.25) is 0 Å². The van der Waals surface area contributed by atoms with Crippen molar-refractivity contribution >= 4 is 6.29 Å². The van der Waals surface area contributed by atoms with Gasteiger partial charge in [-0.1, -0.05) is 32.6 Å².